The summed E-state index contributed by atoms with van der Waals surface area (Å²) in [6.07, 6.45) is 2.03. The lowest BCUT2D eigenvalue weighted by Gasteiger charge is -2.16. The Morgan fingerprint density at radius 3 is 2.61 bits per heavy atom. The van der Waals surface area contributed by atoms with Crippen LogP contribution in [-0.2, 0) is 13.0 Å². The minimum absolute atomic E-state index is 0.0829. The Hall–Kier alpha value is -1.72. The lowest BCUT2D eigenvalue weighted by molar-refractivity contribution is 0.0791. The predicted molar refractivity (Wildman–Crippen MR) is 91.7 cm³/mol. The molecule has 5 heteroatoms. The molecule has 0 aliphatic carbocycles. The van der Waals surface area contributed by atoms with E-state index in [1.54, 1.807) is 0 Å². The second-order valence-corrected chi connectivity index (χ2v) is 7.44. The van der Waals surface area contributed by atoms with Crippen molar-refractivity contribution in [2.45, 2.75) is 33.3 Å². The number of aliphatic hydroxyl groups is 1. The number of aryl methyl sites for hydroxylation is 2. The molecule has 4 nitrogen and oxygen atoms in total. The van der Waals surface area contributed by atoms with Gasteiger partial charge in [-0.15, -0.1) is 11.3 Å². The number of rotatable bonds is 4. The third-order valence-corrected chi connectivity index (χ3v) is 5.46. The van der Waals surface area contributed by atoms with E-state index in [2.05, 4.69) is 17.1 Å². The zero-order valence-corrected chi connectivity index (χ0v) is 14.4. The SMILES string of the molecule is Cc1nc(C)c(C(=O)N2CC[C@@H](Cc3ccc(CO)cc3)C2)s1. The van der Waals surface area contributed by atoms with Gasteiger partial charge in [0, 0.05) is 13.1 Å². The maximum Gasteiger partial charge on any atom is 0.265 e. The molecule has 0 radical (unpaired) electrons. The summed E-state index contributed by atoms with van der Waals surface area (Å²) in [6, 6.07) is 8.09. The van der Waals surface area contributed by atoms with Crippen molar-refractivity contribution in [1.82, 2.24) is 9.88 Å². The molecule has 1 fully saturated rings. The highest BCUT2D eigenvalue weighted by atomic mass is 32.1. The molecule has 1 N–H and O–H groups in total. The van der Waals surface area contributed by atoms with Gasteiger partial charge >= 0.3 is 0 Å². The Morgan fingerprint density at radius 2 is 2.00 bits per heavy atom. The summed E-state index contributed by atoms with van der Waals surface area (Å²) in [5, 5.41) is 10.0. The van der Waals surface area contributed by atoms with Crippen LogP contribution in [0.1, 0.15) is 37.9 Å². The fourth-order valence-corrected chi connectivity index (χ4v) is 4.06. The molecule has 0 saturated carbocycles. The third kappa shape index (κ3) is 3.62. The largest absolute Gasteiger partial charge is 0.392 e. The first-order chi connectivity index (χ1) is 11.1. The van der Waals surface area contributed by atoms with Crippen LogP contribution < -0.4 is 0 Å². The molecule has 0 bridgehead atoms. The Labute approximate surface area is 140 Å². The Balaban J connectivity index is 1.61. The number of carbonyl (C=O) groups is 1. The van der Waals surface area contributed by atoms with Crippen molar-refractivity contribution in [3.63, 3.8) is 0 Å². The van der Waals surface area contributed by atoms with Gasteiger partial charge in [-0.25, -0.2) is 4.98 Å². The average Bonchev–Trinajstić information content (AvgIpc) is 3.14. The molecule has 0 unspecified atom stereocenters. The van der Waals surface area contributed by atoms with Crippen LogP contribution in [0, 0.1) is 19.8 Å². The van der Waals surface area contributed by atoms with E-state index in [0.29, 0.717) is 5.92 Å². The summed E-state index contributed by atoms with van der Waals surface area (Å²) < 4.78 is 0. The van der Waals surface area contributed by atoms with Gasteiger partial charge in [-0.05, 0) is 43.7 Å². The lowest BCUT2D eigenvalue weighted by atomic mass is 9.98. The molecule has 2 heterocycles. The molecule has 1 saturated heterocycles. The van der Waals surface area contributed by atoms with Gasteiger partial charge in [0.05, 0.1) is 17.3 Å². The number of hydrogen-bond donors (Lipinski definition) is 1. The number of likely N-dealkylation sites (tertiary alicyclic amines) is 1. The highest BCUT2D eigenvalue weighted by molar-refractivity contribution is 7.13. The van der Waals surface area contributed by atoms with Crippen molar-refractivity contribution in [2.75, 3.05) is 13.1 Å². The molecule has 0 spiro atoms. The first-order valence-corrected chi connectivity index (χ1v) is 8.80. The zero-order chi connectivity index (χ0) is 16.4. The number of aliphatic hydroxyl groups excluding tert-OH is 1. The van der Waals surface area contributed by atoms with Gasteiger partial charge in [0.25, 0.3) is 5.91 Å². The normalized spacial score (nSPS) is 17.7. The van der Waals surface area contributed by atoms with Crippen LogP contribution in [0.4, 0.5) is 0 Å². The third-order valence-electron chi connectivity index (χ3n) is 4.40. The minimum atomic E-state index is 0.0829. The standard InChI is InChI=1S/C18H22N2O2S/c1-12-17(23-13(2)19-12)18(22)20-8-7-16(10-20)9-14-3-5-15(11-21)6-4-14/h3-6,16,21H,7-11H2,1-2H3/t16-/m0/s1. The van der Waals surface area contributed by atoms with E-state index >= 15 is 0 Å². The predicted octanol–water partition coefficient (Wildman–Crippen LogP) is 2.96. The average molecular weight is 330 g/mol. The monoisotopic (exact) mass is 330 g/mol. The molecule has 1 aromatic heterocycles. The lowest BCUT2D eigenvalue weighted by Crippen LogP contribution is -2.28. The van der Waals surface area contributed by atoms with Gasteiger partial charge in [0.1, 0.15) is 4.88 Å². The minimum Gasteiger partial charge on any atom is -0.392 e. The van der Waals surface area contributed by atoms with Crippen LogP contribution in [0.2, 0.25) is 0 Å². The van der Waals surface area contributed by atoms with E-state index in [-0.39, 0.29) is 12.5 Å². The molecule has 2 aromatic rings. The quantitative estimate of drug-likeness (QED) is 0.938. The fourth-order valence-electron chi connectivity index (χ4n) is 3.17. The molecular weight excluding hydrogens is 308 g/mol. The van der Waals surface area contributed by atoms with Crippen molar-refractivity contribution in [3.05, 3.63) is 51.0 Å². The fraction of sp³-hybridized carbons (Fsp3) is 0.444. The topological polar surface area (TPSA) is 53.4 Å². The van der Waals surface area contributed by atoms with Crippen molar-refractivity contribution >= 4 is 17.2 Å². The number of hydrogen-bond acceptors (Lipinski definition) is 4. The van der Waals surface area contributed by atoms with Crippen LogP contribution in [-0.4, -0.2) is 34.0 Å². The molecule has 3 rings (SSSR count). The smallest absolute Gasteiger partial charge is 0.265 e. The highest BCUT2D eigenvalue weighted by Gasteiger charge is 2.29. The van der Waals surface area contributed by atoms with Crippen LogP contribution in [0.3, 0.4) is 0 Å². The van der Waals surface area contributed by atoms with Crippen LogP contribution in [0.5, 0.6) is 0 Å². The van der Waals surface area contributed by atoms with Gasteiger partial charge in [0.15, 0.2) is 0 Å². The number of benzene rings is 1. The van der Waals surface area contributed by atoms with Crippen molar-refractivity contribution in [3.8, 4) is 0 Å². The Kier molecular flexibility index (Phi) is 4.78. The Morgan fingerprint density at radius 1 is 1.30 bits per heavy atom. The molecule has 122 valence electrons. The van der Waals surface area contributed by atoms with E-state index < -0.39 is 0 Å². The molecule has 1 atom stereocenters. The van der Waals surface area contributed by atoms with Gasteiger partial charge in [0.2, 0.25) is 0 Å². The van der Waals surface area contributed by atoms with Gasteiger partial charge < -0.3 is 10.0 Å². The number of aromatic nitrogens is 1. The van der Waals surface area contributed by atoms with E-state index in [9.17, 15) is 4.79 Å². The molecule has 1 aromatic carbocycles. The summed E-state index contributed by atoms with van der Waals surface area (Å²) in [5.41, 5.74) is 3.06. The summed E-state index contributed by atoms with van der Waals surface area (Å²) >= 11 is 1.49. The van der Waals surface area contributed by atoms with Crippen molar-refractivity contribution < 1.29 is 9.90 Å². The Bertz CT molecular complexity index is 694. The number of nitrogens with zero attached hydrogens (tertiary/aromatic N) is 2. The second kappa shape index (κ2) is 6.81. The maximum absolute atomic E-state index is 12.6. The number of carbonyl (C=O) groups excluding carboxylic acids is 1. The van der Waals surface area contributed by atoms with Crippen LogP contribution in [0.25, 0.3) is 0 Å². The van der Waals surface area contributed by atoms with E-state index in [1.165, 1.54) is 16.9 Å². The summed E-state index contributed by atoms with van der Waals surface area (Å²) in [7, 11) is 0. The van der Waals surface area contributed by atoms with Crippen LogP contribution >= 0.6 is 11.3 Å². The number of thiazole rings is 1. The summed E-state index contributed by atoms with van der Waals surface area (Å²) in [4.78, 5) is 19.7. The van der Waals surface area contributed by atoms with E-state index in [4.69, 9.17) is 5.11 Å². The summed E-state index contributed by atoms with van der Waals surface area (Å²) in [5.74, 6) is 0.638. The number of amides is 1. The molecule has 1 aliphatic heterocycles. The summed E-state index contributed by atoms with van der Waals surface area (Å²) in [6.45, 7) is 5.58. The molecule has 1 aliphatic rings. The van der Waals surface area contributed by atoms with Gasteiger partial charge in [-0.3, -0.25) is 4.79 Å². The molecular formula is C18H22N2O2S. The van der Waals surface area contributed by atoms with Gasteiger partial charge in [-0.1, -0.05) is 24.3 Å². The zero-order valence-electron chi connectivity index (χ0n) is 13.6. The van der Waals surface area contributed by atoms with Crippen molar-refractivity contribution in [1.29, 1.82) is 0 Å². The van der Waals surface area contributed by atoms with Gasteiger partial charge in [-0.2, -0.15) is 0 Å². The highest BCUT2D eigenvalue weighted by Crippen LogP contribution is 2.25. The maximum atomic E-state index is 12.6. The van der Waals surface area contributed by atoms with E-state index in [1.807, 2.05) is 30.9 Å². The van der Waals surface area contributed by atoms with E-state index in [0.717, 1.165) is 47.1 Å². The first kappa shape index (κ1) is 16.1. The van der Waals surface area contributed by atoms with Crippen LogP contribution in [0.15, 0.2) is 24.3 Å². The van der Waals surface area contributed by atoms with Crippen molar-refractivity contribution in [2.24, 2.45) is 5.92 Å². The molecule has 1 amide bonds. The molecule has 23 heavy (non-hydrogen) atoms. The second-order valence-electron chi connectivity index (χ2n) is 6.23. The first-order valence-electron chi connectivity index (χ1n) is 7.99.